The third-order valence-electron chi connectivity index (χ3n) is 4.23. The van der Waals surface area contributed by atoms with Crippen LogP contribution in [0, 0.1) is 0 Å². The van der Waals surface area contributed by atoms with Crippen molar-refractivity contribution in [2.24, 2.45) is 4.99 Å². The molecule has 0 aliphatic carbocycles. The summed E-state index contributed by atoms with van der Waals surface area (Å²) in [6.45, 7) is 5.27. The van der Waals surface area contributed by atoms with E-state index in [0.717, 1.165) is 29.3 Å². The van der Waals surface area contributed by atoms with Crippen LogP contribution in [0.4, 0.5) is 5.69 Å². The van der Waals surface area contributed by atoms with Gasteiger partial charge >= 0.3 is 0 Å². The van der Waals surface area contributed by atoms with E-state index in [-0.39, 0.29) is 6.10 Å². The number of nitrogens with one attached hydrogen (secondary N) is 2. The second-order valence-corrected chi connectivity index (χ2v) is 7.92. The maximum absolute atomic E-state index is 5.71. The molecule has 0 amide bonds. The Labute approximate surface area is 189 Å². The first-order valence-electron chi connectivity index (χ1n) is 10.1. The maximum Gasteiger partial charge on any atom is 0.203 e. The number of benzene rings is 2. The topological polar surface area (TPSA) is 73.3 Å². The van der Waals surface area contributed by atoms with Crippen molar-refractivity contribution in [2.45, 2.75) is 26.5 Å². The first-order valence-corrected chi connectivity index (χ1v) is 11.5. The molecule has 0 radical (unpaired) electrons. The Morgan fingerprint density at radius 3 is 2.16 bits per heavy atom. The molecule has 7 nitrogen and oxygen atoms in total. The summed E-state index contributed by atoms with van der Waals surface area (Å²) in [5.41, 5.74) is 1.87. The van der Waals surface area contributed by atoms with Crippen molar-refractivity contribution in [3.63, 3.8) is 0 Å². The van der Waals surface area contributed by atoms with Gasteiger partial charge in [-0.25, -0.2) is 4.99 Å². The molecule has 0 atom stereocenters. The third-order valence-corrected chi connectivity index (χ3v) is 4.84. The van der Waals surface area contributed by atoms with Crippen molar-refractivity contribution in [2.75, 3.05) is 45.2 Å². The summed E-state index contributed by atoms with van der Waals surface area (Å²) < 4.78 is 22.0. The number of thioether (sulfide) groups is 1. The van der Waals surface area contributed by atoms with Crippen LogP contribution in [0.3, 0.4) is 0 Å². The van der Waals surface area contributed by atoms with Gasteiger partial charge in [0.1, 0.15) is 5.75 Å². The number of ether oxygens (including phenoxy) is 4. The predicted octanol–water partition coefficient (Wildman–Crippen LogP) is 4.42. The zero-order chi connectivity index (χ0) is 22.6. The van der Waals surface area contributed by atoms with Gasteiger partial charge in [-0.2, -0.15) is 11.8 Å². The van der Waals surface area contributed by atoms with Gasteiger partial charge < -0.3 is 29.6 Å². The highest BCUT2D eigenvalue weighted by atomic mass is 32.2. The highest BCUT2D eigenvalue weighted by Gasteiger charge is 2.13. The maximum atomic E-state index is 5.71. The van der Waals surface area contributed by atoms with Gasteiger partial charge in [0, 0.05) is 18.0 Å². The largest absolute Gasteiger partial charge is 0.493 e. The van der Waals surface area contributed by atoms with E-state index >= 15 is 0 Å². The molecule has 0 saturated heterocycles. The van der Waals surface area contributed by atoms with Gasteiger partial charge in [-0.1, -0.05) is 0 Å². The predicted molar refractivity (Wildman–Crippen MR) is 129 cm³/mol. The van der Waals surface area contributed by atoms with E-state index in [0.29, 0.717) is 29.8 Å². The number of guanidine groups is 1. The second-order valence-electron chi connectivity index (χ2n) is 6.93. The molecule has 31 heavy (non-hydrogen) atoms. The van der Waals surface area contributed by atoms with E-state index in [1.54, 1.807) is 33.1 Å². The van der Waals surface area contributed by atoms with Gasteiger partial charge in [-0.05, 0) is 62.1 Å². The summed E-state index contributed by atoms with van der Waals surface area (Å²) >= 11 is 1.78. The fraction of sp³-hybridized carbons (Fsp3) is 0.435. The number of nitrogens with zero attached hydrogens (tertiary/aromatic N) is 1. The molecule has 0 saturated carbocycles. The highest BCUT2D eigenvalue weighted by Crippen LogP contribution is 2.38. The van der Waals surface area contributed by atoms with Gasteiger partial charge in [0.2, 0.25) is 5.75 Å². The molecule has 2 aromatic rings. The van der Waals surface area contributed by atoms with E-state index in [1.807, 2.05) is 50.2 Å². The summed E-state index contributed by atoms with van der Waals surface area (Å²) in [5.74, 6) is 4.30. The van der Waals surface area contributed by atoms with Crippen LogP contribution in [-0.2, 0) is 6.54 Å². The minimum absolute atomic E-state index is 0.141. The average molecular weight is 448 g/mol. The molecule has 2 N–H and O–H groups in total. The number of methoxy groups -OCH3 is 3. The molecule has 0 aromatic heterocycles. The first kappa shape index (κ1) is 24.5. The molecular weight excluding hydrogens is 414 g/mol. The fourth-order valence-corrected chi connectivity index (χ4v) is 3.14. The third kappa shape index (κ3) is 7.79. The Hall–Kier alpha value is -2.74. The zero-order valence-electron chi connectivity index (χ0n) is 19.2. The molecule has 8 heteroatoms. The monoisotopic (exact) mass is 447 g/mol. The molecule has 0 heterocycles. The highest BCUT2D eigenvalue weighted by molar-refractivity contribution is 7.98. The van der Waals surface area contributed by atoms with Crippen molar-refractivity contribution < 1.29 is 18.9 Å². The van der Waals surface area contributed by atoms with Crippen molar-refractivity contribution in [1.29, 1.82) is 0 Å². The van der Waals surface area contributed by atoms with Gasteiger partial charge in [-0.15, -0.1) is 0 Å². The number of hydrogen-bond donors (Lipinski definition) is 2. The minimum atomic E-state index is 0.141. The molecule has 0 aliphatic rings. The Kier molecular flexibility index (Phi) is 10.2. The normalized spacial score (nSPS) is 11.3. The first-order chi connectivity index (χ1) is 15.0. The van der Waals surface area contributed by atoms with Crippen molar-refractivity contribution >= 4 is 23.4 Å². The summed E-state index contributed by atoms with van der Waals surface area (Å²) in [6, 6.07) is 11.7. The number of rotatable bonds is 11. The van der Waals surface area contributed by atoms with Gasteiger partial charge in [0.05, 0.1) is 34.0 Å². The van der Waals surface area contributed by atoms with E-state index in [4.69, 9.17) is 23.9 Å². The zero-order valence-corrected chi connectivity index (χ0v) is 20.0. The van der Waals surface area contributed by atoms with Gasteiger partial charge in [0.15, 0.2) is 17.5 Å². The minimum Gasteiger partial charge on any atom is -0.493 e. The fourth-order valence-electron chi connectivity index (χ4n) is 2.83. The number of anilines is 1. The number of hydrogen-bond acceptors (Lipinski definition) is 6. The molecule has 0 unspecified atom stereocenters. The van der Waals surface area contributed by atoms with Crippen molar-refractivity contribution in [1.82, 2.24) is 5.32 Å². The Morgan fingerprint density at radius 1 is 1.00 bits per heavy atom. The smallest absolute Gasteiger partial charge is 0.203 e. The quantitative estimate of drug-likeness (QED) is 0.300. The SMILES string of the molecule is COc1cc(CN=C(NCCSC)Nc2ccc(OC(C)C)cc2)cc(OC)c1OC. The average Bonchev–Trinajstić information content (AvgIpc) is 2.77. The lowest BCUT2D eigenvalue weighted by atomic mass is 10.2. The lowest BCUT2D eigenvalue weighted by molar-refractivity contribution is 0.242. The molecule has 0 fully saturated rings. The summed E-state index contributed by atoms with van der Waals surface area (Å²) in [6.07, 6.45) is 2.22. The second kappa shape index (κ2) is 12.8. The van der Waals surface area contributed by atoms with E-state index < -0.39 is 0 Å². The molecule has 0 aliphatic heterocycles. The van der Waals surface area contributed by atoms with E-state index in [2.05, 4.69) is 16.9 Å². The summed E-state index contributed by atoms with van der Waals surface area (Å²) in [5, 5.41) is 6.72. The van der Waals surface area contributed by atoms with Crippen LogP contribution in [-0.4, -0.2) is 51.9 Å². The lowest BCUT2D eigenvalue weighted by Gasteiger charge is -2.15. The van der Waals surface area contributed by atoms with Crippen LogP contribution in [0.25, 0.3) is 0 Å². The standard InChI is InChI=1S/C23H33N3O4S/c1-16(2)30-19-9-7-18(8-10-19)26-23(24-11-12-31-6)25-15-17-13-20(27-3)22(29-5)21(14-17)28-4/h7-10,13-14,16H,11-12,15H2,1-6H3,(H2,24,25,26). The number of aliphatic imine (C=N–C) groups is 1. The van der Waals surface area contributed by atoms with Crippen LogP contribution in [0.1, 0.15) is 19.4 Å². The van der Waals surface area contributed by atoms with Crippen LogP contribution in [0.5, 0.6) is 23.0 Å². The molecule has 2 aromatic carbocycles. The van der Waals surface area contributed by atoms with Crippen LogP contribution < -0.4 is 29.6 Å². The van der Waals surface area contributed by atoms with Crippen LogP contribution in [0.15, 0.2) is 41.4 Å². The summed E-state index contributed by atoms with van der Waals surface area (Å²) in [4.78, 5) is 4.74. The molecule has 0 spiro atoms. The molecule has 2 rings (SSSR count). The van der Waals surface area contributed by atoms with Crippen molar-refractivity contribution in [3.8, 4) is 23.0 Å². The molecule has 0 bridgehead atoms. The lowest BCUT2D eigenvalue weighted by Crippen LogP contribution is -2.32. The van der Waals surface area contributed by atoms with Crippen molar-refractivity contribution in [3.05, 3.63) is 42.0 Å². The Bertz CT molecular complexity index is 816. The molecule has 170 valence electrons. The molecular formula is C23H33N3O4S. The Balaban J connectivity index is 2.19. The Morgan fingerprint density at radius 2 is 1.65 bits per heavy atom. The van der Waals surface area contributed by atoms with Crippen LogP contribution in [0.2, 0.25) is 0 Å². The van der Waals surface area contributed by atoms with Gasteiger partial charge in [0.25, 0.3) is 0 Å². The van der Waals surface area contributed by atoms with E-state index in [9.17, 15) is 0 Å². The van der Waals surface area contributed by atoms with Crippen LogP contribution >= 0.6 is 11.8 Å². The van der Waals surface area contributed by atoms with Gasteiger partial charge in [-0.3, -0.25) is 0 Å². The summed E-state index contributed by atoms with van der Waals surface area (Å²) in [7, 11) is 4.80. The van der Waals surface area contributed by atoms with E-state index in [1.165, 1.54) is 0 Å².